The molecular weight excluding hydrogens is 264 g/mol. The van der Waals surface area contributed by atoms with Crippen molar-refractivity contribution in [3.8, 4) is 0 Å². The molecular formula is C13H20N2O3S. The molecule has 0 saturated heterocycles. The van der Waals surface area contributed by atoms with Crippen LogP contribution < -0.4 is 5.32 Å². The first-order valence-corrected chi connectivity index (χ1v) is 6.95. The monoisotopic (exact) mass is 284 g/mol. The number of amides is 1. The van der Waals surface area contributed by atoms with Gasteiger partial charge in [0.25, 0.3) is 5.91 Å². The van der Waals surface area contributed by atoms with Crippen LogP contribution in [0.3, 0.4) is 0 Å². The van der Waals surface area contributed by atoms with Gasteiger partial charge in [-0.1, -0.05) is 13.8 Å². The number of aromatic nitrogens is 1. The molecule has 0 fully saturated rings. The third kappa shape index (κ3) is 3.76. The zero-order valence-corrected chi connectivity index (χ0v) is 12.7. The number of aliphatic carboxylic acids is 1. The van der Waals surface area contributed by atoms with Crippen LogP contribution >= 0.6 is 11.3 Å². The van der Waals surface area contributed by atoms with E-state index in [9.17, 15) is 9.59 Å². The highest BCUT2D eigenvalue weighted by Gasteiger charge is 2.34. The molecule has 5 nitrogen and oxygen atoms in total. The molecule has 0 radical (unpaired) electrons. The van der Waals surface area contributed by atoms with Crippen molar-refractivity contribution >= 4 is 23.2 Å². The van der Waals surface area contributed by atoms with Crippen molar-refractivity contribution in [2.45, 2.75) is 46.6 Å². The van der Waals surface area contributed by atoms with Gasteiger partial charge in [0.15, 0.2) is 0 Å². The summed E-state index contributed by atoms with van der Waals surface area (Å²) in [6, 6.07) is 0. The second-order valence-corrected chi connectivity index (χ2v) is 6.64. The maximum absolute atomic E-state index is 12.2. The fourth-order valence-corrected chi connectivity index (χ4v) is 2.58. The molecule has 1 rings (SSSR count). The third-order valence-electron chi connectivity index (χ3n) is 3.31. The van der Waals surface area contributed by atoms with E-state index >= 15 is 0 Å². The maximum Gasteiger partial charge on any atom is 0.305 e. The molecule has 2 N–H and O–H groups in total. The van der Waals surface area contributed by atoms with Gasteiger partial charge in [-0.25, -0.2) is 4.98 Å². The molecule has 0 bridgehead atoms. The fourth-order valence-electron chi connectivity index (χ4n) is 1.76. The number of nitrogens with one attached hydrogen (secondary N) is 1. The molecule has 0 aliphatic heterocycles. The SMILES string of the molecule is Cc1nc(C(=O)NC(C)(CC(=O)O)C(C)C)c(C)s1. The number of carboxylic acids is 1. The fraction of sp³-hybridized carbons (Fsp3) is 0.615. The van der Waals surface area contributed by atoms with Crippen LogP contribution in [0.5, 0.6) is 0 Å². The molecule has 106 valence electrons. The van der Waals surface area contributed by atoms with Crippen LogP contribution in [0.2, 0.25) is 0 Å². The van der Waals surface area contributed by atoms with Crippen molar-refractivity contribution in [3.05, 3.63) is 15.6 Å². The van der Waals surface area contributed by atoms with Crippen LogP contribution in [0.4, 0.5) is 0 Å². The predicted octanol–water partition coefficient (Wildman–Crippen LogP) is 2.38. The van der Waals surface area contributed by atoms with Crippen LogP contribution in [0.25, 0.3) is 0 Å². The first kappa shape index (κ1) is 15.6. The topological polar surface area (TPSA) is 79.3 Å². The molecule has 1 aromatic heterocycles. The lowest BCUT2D eigenvalue weighted by Crippen LogP contribution is -2.51. The summed E-state index contributed by atoms with van der Waals surface area (Å²) in [5.41, 5.74) is -0.396. The number of aryl methyl sites for hydroxylation is 2. The molecule has 19 heavy (non-hydrogen) atoms. The first-order chi connectivity index (χ1) is 8.65. The Morgan fingerprint density at radius 1 is 1.42 bits per heavy atom. The van der Waals surface area contributed by atoms with Crippen molar-refractivity contribution in [1.82, 2.24) is 10.3 Å². The Labute approximate surface area is 117 Å². The van der Waals surface area contributed by atoms with E-state index in [4.69, 9.17) is 5.11 Å². The number of nitrogens with zero attached hydrogens (tertiary/aromatic N) is 1. The van der Waals surface area contributed by atoms with Gasteiger partial charge in [-0.2, -0.15) is 0 Å². The van der Waals surface area contributed by atoms with Crippen LogP contribution in [0.1, 0.15) is 47.6 Å². The predicted molar refractivity (Wildman–Crippen MR) is 74.6 cm³/mol. The van der Waals surface area contributed by atoms with E-state index < -0.39 is 11.5 Å². The Bertz CT molecular complexity index is 496. The lowest BCUT2D eigenvalue weighted by atomic mass is 9.85. The largest absolute Gasteiger partial charge is 0.481 e. The molecule has 0 aliphatic rings. The summed E-state index contributed by atoms with van der Waals surface area (Å²) in [6.45, 7) is 9.21. The number of thiazole rings is 1. The summed E-state index contributed by atoms with van der Waals surface area (Å²) >= 11 is 1.46. The van der Waals surface area contributed by atoms with E-state index in [2.05, 4.69) is 10.3 Å². The van der Waals surface area contributed by atoms with Crippen molar-refractivity contribution in [2.24, 2.45) is 5.92 Å². The number of rotatable bonds is 5. The van der Waals surface area contributed by atoms with Crippen LogP contribution in [-0.4, -0.2) is 27.5 Å². The highest BCUT2D eigenvalue weighted by Crippen LogP contribution is 2.23. The molecule has 0 aliphatic carbocycles. The van der Waals surface area contributed by atoms with Gasteiger partial charge >= 0.3 is 5.97 Å². The molecule has 1 heterocycles. The first-order valence-electron chi connectivity index (χ1n) is 6.14. The third-order valence-corrected chi connectivity index (χ3v) is 4.20. The summed E-state index contributed by atoms with van der Waals surface area (Å²) in [6.07, 6.45) is -0.113. The summed E-state index contributed by atoms with van der Waals surface area (Å²) < 4.78 is 0. The van der Waals surface area contributed by atoms with Gasteiger partial charge in [-0.05, 0) is 26.7 Å². The zero-order valence-electron chi connectivity index (χ0n) is 11.9. The number of hydrogen-bond acceptors (Lipinski definition) is 4. The molecule has 1 unspecified atom stereocenters. The van der Waals surface area contributed by atoms with Crippen molar-refractivity contribution in [3.63, 3.8) is 0 Å². The minimum Gasteiger partial charge on any atom is -0.481 e. The van der Waals surface area contributed by atoms with Gasteiger partial charge in [0.2, 0.25) is 0 Å². The highest BCUT2D eigenvalue weighted by molar-refractivity contribution is 7.11. The number of carbonyl (C=O) groups excluding carboxylic acids is 1. The Kier molecular flexibility index (Phi) is 4.68. The van der Waals surface area contributed by atoms with Crippen LogP contribution in [-0.2, 0) is 4.79 Å². The highest BCUT2D eigenvalue weighted by atomic mass is 32.1. The lowest BCUT2D eigenvalue weighted by Gasteiger charge is -2.33. The minimum absolute atomic E-state index is 0.00703. The maximum atomic E-state index is 12.2. The normalized spacial score (nSPS) is 14.2. The van der Waals surface area contributed by atoms with E-state index in [0.29, 0.717) is 5.69 Å². The van der Waals surface area contributed by atoms with Crippen LogP contribution in [0, 0.1) is 19.8 Å². The lowest BCUT2D eigenvalue weighted by molar-refractivity contribution is -0.138. The molecule has 0 saturated carbocycles. The average molecular weight is 284 g/mol. The van der Waals surface area contributed by atoms with Crippen molar-refractivity contribution < 1.29 is 14.7 Å². The van der Waals surface area contributed by atoms with E-state index in [-0.39, 0.29) is 18.2 Å². The van der Waals surface area contributed by atoms with Crippen LogP contribution in [0.15, 0.2) is 0 Å². The Balaban J connectivity index is 2.94. The smallest absolute Gasteiger partial charge is 0.305 e. The number of hydrogen-bond donors (Lipinski definition) is 2. The summed E-state index contributed by atoms with van der Waals surface area (Å²) in [4.78, 5) is 28.2. The van der Waals surface area contributed by atoms with Gasteiger partial charge in [0.05, 0.1) is 17.0 Å². The zero-order chi connectivity index (χ0) is 14.8. The standard InChI is InChI=1S/C13H20N2O3S/c1-7(2)13(5,6-10(16)17)15-12(18)11-8(3)19-9(4)14-11/h7H,6H2,1-5H3,(H,15,18)(H,16,17). The Morgan fingerprint density at radius 3 is 2.37 bits per heavy atom. The number of carboxylic acid groups (broad SMARTS) is 1. The second-order valence-electron chi connectivity index (χ2n) is 5.23. The molecule has 0 spiro atoms. The molecule has 6 heteroatoms. The van der Waals surface area contributed by atoms with Gasteiger partial charge in [-0.15, -0.1) is 11.3 Å². The second kappa shape index (κ2) is 5.69. The summed E-state index contributed by atoms with van der Waals surface area (Å²) in [5, 5.41) is 12.6. The van der Waals surface area contributed by atoms with Crippen molar-refractivity contribution in [2.75, 3.05) is 0 Å². The van der Waals surface area contributed by atoms with Gasteiger partial charge in [0.1, 0.15) is 5.69 Å². The summed E-state index contributed by atoms with van der Waals surface area (Å²) in [5.74, 6) is -1.23. The molecule has 1 amide bonds. The van der Waals surface area contributed by atoms with Crippen molar-refractivity contribution in [1.29, 1.82) is 0 Å². The van der Waals surface area contributed by atoms with E-state index in [1.54, 1.807) is 6.92 Å². The van der Waals surface area contributed by atoms with Gasteiger partial charge < -0.3 is 10.4 Å². The number of carbonyl (C=O) groups is 2. The average Bonchev–Trinajstić information content (AvgIpc) is 2.56. The van der Waals surface area contributed by atoms with E-state index in [1.807, 2.05) is 27.7 Å². The van der Waals surface area contributed by atoms with E-state index in [1.165, 1.54) is 11.3 Å². The van der Waals surface area contributed by atoms with Gasteiger partial charge in [-0.3, -0.25) is 9.59 Å². The Hall–Kier alpha value is -1.43. The molecule has 1 aromatic rings. The van der Waals surface area contributed by atoms with Gasteiger partial charge in [0, 0.05) is 4.88 Å². The summed E-state index contributed by atoms with van der Waals surface area (Å²) in [7, 11) is 0. The van der Waals surface area contributed by atoms with E-state index in [0.717, 1.165) is 9.88 Å². The minimum atomic E-state index is -0.928. The Morgan fingerprint density at radius 2 is 2.00 bits per heavy atom. The molecule has 1 atom stereocenters. The molecule has 0 aromatic carbocycles. The quantitative estimate of drug-likeness (QED) is 0.870.